The van der Waals surface area contributed by atoms with Gasteiger partial charge in [0.15, 0.2) is 0 Å². The summed E-state index contributed by atoms with van der Waals surface area (Å²) in [5, 5.41) is 3.24. The first-order chi connectivity index (χ1) is 14.8. The van der Waals surface area contributed by atoms with E-state index in [-0.39, 0.29) is 17.5 Å². The molecular weight excluding hydrogens is 393 g/mol. The average Bonchev–Trinajstić information content (AvgIpc) is 2.72. The van der Waals surface area contributed by atoms with Gasteiger partial charge >= 0.3 is 6.03 Å². The van der Waals surface area contributed by atoms with Crippen molar-refractivity contribution in [2.45, 2.75) is 75.5 Å². The lowest BCUT2D eigenvalue weighted by Crippen LogP contribution is -2.64. The third-order valence-electron chi connectivity index (χ3n) is 7.96. The summed E-state index contributed by atoms with van der Waals surface area (Å²) < 4.78 is 15.2. The minimum atomic E-state index is -1.08. The fourth-order valence-electron chi connectivity index (χ4n) is 7.04. The van der Waals surface area contributed by atoms with Crippen LogP contribution in [0.1, 0.15) is 73.7 Å². The molecule has 4 bridgehead atoms. The van der Waals surface area contributed by atoms with Crippen LogP contribution in [0.15, 0.2) is 24.3 Å². The quantitative estimate of drug-likeness (QED) is 0.768. The Hall–Kier alpha value is -2.11. The Bertz CT molecular complexity index is 835. The van der Waals surface area contributed by atoms with Crippen molar-refractivity contribution < 1.29 is 14.0 Å². The van der Waals surface area contributed by atoms with Gasteiger partial charge in [-0.1, -0.05) is 12.1 Å². The zero-order valence-electron chi connectivity index (χ0n) is 18.5. The zero-order valence-corrected chi connectivity index (χ0v) is 18.5. The second-order valence-corrected chi connectivity index (χ2v) is 10.7. The molecule has 1 heterocycles. The number of rotatable bonds is 4. The highest BCUT2D eigenvalue weighted by Crippen LogP contribution is 2.59. The van der Waals surface area contributed by atoms with E-state index in [1.165, 1.54) is 6.42 Å². The van der Waals surface area contributed by atoms with Crippen LogP contribution >= 0.6 is 0 Å². The summed E-state index contributed by atoms with van der Waals surface area (Å²) in [6.07, 6.45) is 8.16. The number of benzene rings is 1. The Labute approximate surface area is 184 Å². The third kappa shape index (κ3) is 4.18. The number of alkyl halides is 1. The number of amides is 3. The molecule has 5 fully saturated rings. The van der Waals surface area contributed by atoms with Crippen LogP contribution in [0, 0.1) is 11.8 Å². The monoisotopic (exact) mass is 427 g/mol. The van der Waals surface area contributed by atoms with Crippen molar-refractivity contribution in [1.82, 2.24) is 15.1 Å². The number of likely N-dealkylation sites (tertiary alicyclic amines) is 1. The van der Waals surface area contributed by atoms with Gasteiger partial charge in [-0.25, -0.2) is 9.18 Å². The lowest BCUT2D eigenvalue weighted by atomic mass is 9.51. The summed E-state index contributed by atoms with van der Waals surface area (Å²) in [4.78, 5) is 29.3. The van der Waals surface area contributed by atoms with E-state index in [1.54, 1.807) is 4.90 Å². The van der Waals surface area contributed by atoms with Gasteiger partial charge in [-0.2, -0.15) is 0 Å². The molecule has 0 aromatic heterocycles. The van der Waals surface area contributed by atoms with Gasteiger partial charge in [0, 0.05) is 44.2 Å². The molecule has 4 saturated carbocycles. The predicted octanol–water partition coefficient (Wildman–Crippen LogP) is 4.52. The fourth-order valence-corrected chi connectivity index (χ4v) is 7.04. The molecule has 1 aromatic rings. The molecule has 2 unspecified atom stereocenters. The minimum absolute atomic E-state index is 0.0727. The Balaban J connectivity index is 1.20. The molecule has 2 atom stereocenters. The largest absolute Gasteiger partial charge is 0.346 e. The van der Waals surface area contributed by atoms with Crippen molar-refractivity contribution in [2.75, 3.05) is 20.1 Å². The number of hydrogen-bond donors (Lipinski definition) is 1. The normalized spacial score (nSPS) is 33.9. The standard InChI is InChI=1S/C25H34FN3O2/c1-28(23(31)29-9-3-2-4-10-29)16-18-5-7-21(8-6-18)22(30)27-25-14-19-11-20(15-25)13-24(26,12-19)17-25/h5-8,19-20H,2-4,9-17H2,1H3,(H,27,30). The maximum Gasteiger partial charge on any atom is 0.320 e. The van der Waals surface area contributed by atoms with Crippen LogP contribution in [0.5, 0.6) is 0 Å². The van der Waals surface area contributed by atoms with E-state index in [0.29, 0.717) is 43.2 Å². The molecule has 31 heavy (non-hydrogen) atoms. The SMILES string of the molecule is CN(Cc1ccc(C(=O)NC23CC4CC(CC(F)(C4)C2)C3)cc1)C(=O)N1CCCCC1. The average molecular weight is 428 g/mol. The number of carbonyl (C=O) groups is 2. The molecule has 5 nitrogen and oxygen atoms in total. The third-order valence-corrected chi connectivity index (χ3v) is 7.96. The first-order valence-corrected chi connectivity index (χ1v) is 11.9. The first kappa shape index (κ1) is 20.8. The van der Waals surface area contributed by atoms with Crippen molar-refractivity contribution in [2.24, 2.45) is 11.8 Å². The molecular formula is C25H34FN3O2. The number of urea groups is 1. The Morgan fingerprint density at radius 3 is 2.32 bits per heavy atom. The second-order valence-electron chi connectivity index (χ2n) is 10.7. The first-order valence-electron chi connectivity index (χ1n) is 11.9. The van der Waals surface area contributed by atoms with Crippen LogP contribution < -0.4 is 5.32 Å². The van der Waals surface area contributed by atoms with Crippen molar-refractivity contribution in [3.8, 4) is 0 Å². The summed E-state index contributed by atoms with van der Waals surface area (Å²) in [6.45, 7) is 2.20. The molecule has 5 aliphatic rings. The summed E-state index contributed by atoms with van der Waals surface area (Å²) >= 11 is 0. The van der Waals surface area contributed by atoms with Crippen LogP contribution in [0.25, 0.3) is 0 Å². The molecule has 1 N–H and O–H groups in total. The molecule has 168 valence electrons. The van der Waals surface area contributed by atoms with Gasteiger partial charge in [0.2, 0.25) is 0 Å². The zero-order chi connectivity index (χ0) is 21.6. The van der Waals surface area contributed by atoms with Crippen LogP contribution in [0.3, 0.4) is 0 Å². The summed E-state index contributed by atoms with van der Waals surface area (Å²) in [5.74, 6) is 0.735. The van der Waals surface area contributed by atoms with Gasteiger partial charge < -0.3 is 15.1 Å². The predicted molar refractivity (Wildman–Crippen MR) is 117 cm³/mol. The van der Waals surface area contributed by atoms with Gasteiger partial charge in [0.05, 0.1) is 0 Å². The van der Waals surface area contributed by atoms with Gasteiger partial charge in [-0.05, 0) is 80.9 Å². The molecule has 6 heteroatoms. The number of hydrogen-bond acceptors (Lipinski definition) is 2. The second kappa shape index (κ2) is 7.79. The van der Waals surface area contributed by atoms with E-state index >= 15 is 4.39 Å². The highest BCUT2D eigenvalue weighted by atomic mass is 19.1. The fraction of sp³-hybridized carbons (Fsp3) is 0.680. The number of piperidine rings is 1. The molecule has 1 aromatic carbocycles. The Morgan fingerprint density at radius 2 is 1.71 bits per heavy atom. The molecule has 4 aliphatic carbocycles. The van der Waals surface area contributed by atoms with Crippen molar-refractivity contribution in [1.29, 1.82) is 0 Å². The van der Waals surface area contributed by atoms with Gasteiger partial charge in [-0.15, -0.1) is 0 Å². The van der Waals surface area contributed by atoms with Crippen LogP contribution in [-0.4, -0.2) is 53.1 Å². The number of carbonyl (C=O) groups excluding carboxylic acids is 2. The van der Waals surface area contributed by atoms with Crippen molar-refractivity contribution >= 4 is 11.9 Å². The van der Waals surface area contributed by atoms with E-state index in [2.05, 4.69) is 5.32 Å². The van der Waals surface area contributed by atoms with Crippen LogP contribution in [0.2, 0.25) is 0 Å². The molecule has 1 saturated heterocycles. The maximum atomic E-state index is 15.2. The van der Waals surface area contributed by atoms with E-state index in [4.69, 9.17) is 0 Å². The number of nitrogens with one attached hydrogen (secondary N) is 1. The van der Waals surface area contributed by atoms with Gasteiger partial charge in [-0.3, -0.25) is 4.79 Å². The topological polar surface area (TPSA) is 52.7 Å². The Morgan fingerprint density at radius 1 is 1.06 bits per heavy atom. The summed E-state index contributed by atoms with van der Waals surface area (Å²) in [6, 6.07) is 7.57. The van der Waals surface area contributed by atoms with Crippen molar-refractivity contribution in [3.05, 3.63) is 35.4 Å². The lowest BCUT2D eigenvalue weighted by molar-refractivity contribution is -0.0937. The molecule has 0 radical (unpaired) electrons. The number of halogens is 1. The summed E-state index contributed by atoms with van der Waals surface area (Å²) in [7, 11) is 1.83. The van der Waals surface area contributed by atoms with E-state index < -0.39 is 5.67 Å². The molecule has 3 amide bonds. The van der Waals surface area contributed by atoms with Crippen LogP contribution in [0.4, 0.5) is 9.18 Å². The summed E-state index contributed by atoms with van der Waals surface area (Å²) in [5.41, 5.74) is 0.168. The highest BCUT2D eigenvalue weighted by Gasteiger charge is 2.58. The highest BCUT2D eigenvalue weighted by molar-refractivity contribution is 5.94. The van der Waals surface area contributed by atoms with Gasteiger partial charge in [0.25, 0.3) is 5.91 Å². The maximum absolute atomic E-state index is 15.2. The van der Waals surface area contributed by atoms with Gasteiger partial charge in [0.1, 0.15) is 5.67 Å². The van der Waals surface area contributed by atoms with Crippen molar-refractivity contribution in [3.63, 3.8) is 0 Å². The van der Waals surface area contributed by atoms with E-state index in [9.17, 15) is 9.59 Å². The smallest absolute Gasteiger partial charge is 0.320 e. The lowest BCUT2D eigenvalue weighted by Gasteiger charge is -2.59. The molecule has 0 spiro atoms. The Kier molecular flexibility index (Phi) is 5.22. The number of nitrogens with zero attached hydrogens (tertiary/aromatic N) is 2. The van der Waals surface area contributed by atoms with E-state index in [0.717, 1.165) is 50.8 Å². The van der Waals surface area contributed by atoms with Crippen LogP contribution in [-0.2, 0) is 6.54 Å². The molecule has 6 rings (SSSR count). The minimum Gasteiger partial charge on any atom is -0.346 e. The molecule has 1 aliphatic heterocycles. The van der Waals surface area contributed by atoms with E-state index in [1.807, 2.05) is 36.2 Å².